The van der Waals surface area contributed by atoms with Gasteiger partial charge in [0.2, 0.25) is 0 Å². The molecule has 86 valence electrons. The van der Waals surface area contributed by atoms with E-state index < -0.39 is 0 Å². The van der Waals surface area contributed by atoms with Crippen LogP contribution in [0.25, 0.3) is 0 Å². The van der Waals surface area contributed by atoms with Gasteiger partial charge >= 0.3 is 0 Å². The number of nitrogens with zero attached hydrogens (tertiary/aromatic N) is 1. The maximum Gasteiger partial charge on any atom is 0.180 e. The second-order valence-corrected chi connectivity index (χ2v) is 3.70. The van der Waals surface area contributed by atoms with E-state index in [1.54, 1.807) is 14.2 Å². The van der Waals surface area contributed by atoms with Gasteiger partial charge in [0, 0.05) is 12.1 Å². The normalized spacial score (nSPS) is 14.3. The quantitative estimate of drug-likeness (QED) is 0.875. The van der Waals surface area contributed by atoms with E-state index in [0.717, 1.165) is 24.5 Å². The summed E-state index contributed by atoms with van der Waals surface area (Å²) in [6, 6.07) is 3.70. The molecule has 4 nitrogen and oxygen atoms in total. The number of hydrogen-bond donors (Lipinski definition) is 1. The van der Waals surface area contributed by atoms with Crippen LogP contribution >= 0.6 is 11.6 Å². The molecule has 0 amide bonds. The standard InChI is InChI=1S/C11H13ClN2O2/c1-15-8-4-3-7(9(12)10(8)16-2)11-13-5-6-14-11/h3-4H,5-6H2,1-2H3,(H,13,14). The van der Waals surface area contributed by atoms with Crippen molar-refractivity contribution in [2.75, 3.05) is 27.3 Å². The average Bonchev–Trinajstić information content (AvgIpc) is 2.81. The Bertz CT molecular complexity index is 432. The van der Waals surface area contributed by atoms with E-state index in [4.69, 9.17) is 21.1 Å². The first-order valence-corrected chi connectivity index (χ1v) is 5.35. The Morgan fingerprint density at radius 3 is 2.69 bits per heavy atom. The Hall–Kier alpha value is -1.42. The molecule has 0 fully saturated rings. The zero-order chi connectivity index (χ0) is 11.5. The predicted molar refractivity (Wildman–Crippen MR) is 64.0 cm³/mol. The number of methoxy groups -OCH3 is 2. The summed E-state index contributed by atoms with van der Waals surface area (Å²) in [5.41, 5.74) is 0.844. The van der Waals surface area contributed by atoms with E-state index in [1.807, 2.05) is 12.1 Å². The maximum absolute atomic E-state index is 6.25. The number of amidine groups is 1. The molecule has 0 aromatic heterocycles. The third-order valence-electron chi connectivity index (χ3n) is 2.41. The van der Waals surface area contributed by atoms with Gasteiger partial charge in [0.1, 0.15) is 5.84 Å². The molecule has 0 spiro atoms. The van der Waals surface area contributed by atoms with Crippen LogP contribution in [0.3, 0.4) is 0 Å². The highest BCUT2D eigenvalue weighted by molar-refractivity contribution is 6.35. The van der Waals surface area contributed by atoms with Gasteiger partial charge in [-0.3, -0.25) is 4.99 Å². The van der Waals surface area contributed by atoms with Crippen LogP contribution in [0.15, 0.2) is 17.1 Å². The molecule has 0 saturated carbocycles. The van der Waals surface area contributed by atoms with E-state index in [2.05, 4.69) is 10.3 Å². The molecule has 1 aliphatic rings. The molecule has 1 aromatic rings. The predicted octanol–water partition coefficient (Wildman–Crippen LogP) is 1.71. The highest BCUT2D eigenvalue weighted by Gasteiger charge is 2.18. The lowest BCUT2D eigenvalue weighted by Crippen LogP contribution is -2.20. The number of benzene rings is 1. The summed E-state index contributed by atoms with van der Waals surface area (Å²) >= 11 is 6.25. The highest BCUT2D eigenvalue weighted by Crippen LogP contribution is 2.37. The summed E-state index contributed by atoms with van der Waals surface area (Å²) in [6.07, 6.45) is 0. The van der Waals surface area contributed by atoms with Gasteiger partial charge in [0.25, 0.3) is 0 Å². The van der Waals surface area contributed by atoms with Gasteiger partial charge in [-0.2, -0.15) is 0 Å². The molecule has 0 atom stereocenters. The molecule has 5 heteroatoms. The Labute approximate surface area is 99.2 Å². The average molecular weight is 241 g/mol. The number of halogens is 1. The summed E-state index contributed by atoms with van der Waals surface area (Å²) in [7, 11) is 3.15. The van der Waals surface area contributed by atoms with Crippen molar-refractivity contribution >= 4 is 17.4 Å². The van der Waals surface area contributed by atoms with E-state index in [-0.39, 0.29) is 0 Å². The van der Waals surface area contributed by atoms with E-state index >= 15 is 0 Å². The molecule has 1 N–H and O–H groups in total. The van der Waals surface area contributed by atoms with Gasteiger partial charge in [0.15, 0.2) is 11.5 Å². The fourth-order valence-corrected chi connectivity index (χ4v) is 1.97. The van der Waals surface area contributed by atoms with Gasteiger partial charge in [-0.05, 0) is 12.1 Å². The molecule has 1 heterocycles. The summed E-state index contributed by atoms with van der Waals surface area (Å²) in [5, 5.41) is 3.69. The first kappa shape index (κ1) is 11.1. The number of hydrogen-bond acceptors (Lipinski definition) is 4. The molecule has 0 bridgehead atoms. The van der Waals surface area contributed by atoms with Crippen molar-refractivity contribution in [2.24, 2.45) is 4.99 Å². The minimum absolute atomic E-state index is 0.523. The van der Waals surface area contributed by atoms with E-state index in [0.29, 0.717) is 16.5 Å². The summed E-state index contributed by atoms with van der Waals surface area (Å²) in [6.45, 7) is 1.63. The van der Waals surface area contributed by atoms with Crippen molar-refractivity contribution in [3.63, 3.8) is 0 Å². The first-order valence-electron chi connectivity index (χ1n) is 4.97. The van der Waals surface area contributed by atoms with Crippen LogP contribution in [0.5, 0.6) is 11.5 Å². The number of aliphatic imine (C=N–C) groups is 1. The topological polar surface area (TPSA) is 42.8 Å². The molecule has 2 rings (SSSR count). The Kier molecular flexibility index (Phi) is 3.19. The lowest BCUT2D eigenvalue weighted by molar-refractivity contribution is 0.355. The van der Waals surface area contributed by atoms with E-state index in [1.165, 1.54) is 0 Å². The lowest BCUT2D eigenvalue weighted by Gasteiger charge is -2.12. The SMILES string of the molecule is COc1ccc(C2=NCCN2)c(Cl)c1OC. The summed E-state index contributed by atoms with van der Waals surface area (Å²) in [5.74, 6) is 1.97. The molecular formula is C11H13ClN2O2. The van der Waals surface area contributed by atoms with Crippen molar-refractivity contribution in [2.45, 2.75) is 0 Å². The van der Waals surface area contributed by atoms with Crippen LogP contribution in [0.4, 0.5) is 0 Å². The largest absolute Gasteiger partial charge is 0.493 e. The van der Waals surface area contributed by atoms with Crippen molar-refractivity contribution in [1.29, 1.82) is 0 Å². The Balaban J connectivity index is 2.48. The maximum atomic E-state index is 6.25. The highest BCUT2D eigenvalue weighted by atomic mass is 35.5. The summed E-state index contributed by atoms with van der Waals surface area (Å²) in [4.78, 5) is 4.32. The third kappa shape index (κ3) is 1.80. The van der Waals surface area contributed by atoms with Crippen LogP contribution in [0, 0.1) is 0 Å². The van der Waals surface area contributed by atoms with Crippen molar-refractivity contribution in [1.82, 2.24) is 5.32 Å². The smallest absolute Gasteiger partial charge is 0.180 e. The number of rotatable bonds is 3. The van der Waals surface area contributed by atoms with Crippen molar-refractivity contribution in [3.8, 4) is 11.5 Å². The van der Waals surface area contributed by atoms with Crippen LogP contribution in [-0.4, -0.2) is 33.1 Å². The molecule has 1 aromatic carbocycles. The molecule has 0 unspecified atom stereocenters. The zero-order valence-electron chi connectivity index (χ0n) is 9.21. The Morgan fingerprint density at radius 2 is 2.12 bits per heavy atom. The minimum atomic E-state index is 0.523. The first-order chi connectivity index (χ1) is 7.77. The van der Waals surface area contributed by atoms with Gasteiger partial charge in [0.05, 0.1) is 25.8 Å². The molecule has 16 heavy (non-hydrogen) atoms. The van der Waals surface area contributed by atoms with Crippen LogP contribution in [-0.2, 0) is 0 Å². The van der Waals surface area contributed by atoms with Gasteiger partial charge < -0.3 is 14.8 Å². The fraction of sp³-hybridized carbons (Fsp3) is 0.364. The van der Waals surface area contributed by atoms with Crippen LogP contribution < -0.4 is 14.8 Å². The lowest BCUT2D eigenvalue weighted by atomic mass is 10.2. The number of ether oxygens (including phenoxy) is 2. The molecular weight excluding hydrogens is 228 g/mol. The molecule has 0 saturated heterocycles. The molecule has 0 aliphatic carbocycles. The van der Waals surface area contributed by atoms with Crippen molar-refractivity contribution < 1.29 is 9.47 Å². The second kappa shape index (κ2) is 4.61. The zero-order valence-corrected chi connectivity index (χ0v) is 9.97. The van der Waals surface area contributed by atoms with Gasteiger partial charge in [-0.1, -0.05) is 11.6 Å². The Morgan fingerprint density at radius 1 is 1.31 bits per heavy atom. The molecule has 0 radical (unpaired) electrons. The monoisotopic (exact) mass is 240 g/mol. The van der Waals surface area contributed by atoms with Crippen molar-refractivity contribution in [3.05, 3.63) is 22.7 Å². The fourth-order valence-electron chi connectivity index (χ4n) is 1.65. The molecule has 1 aliphatic heterocycles. The van der Waals surface area contributed by atoms with Gasteiger partial charge in [-0.15, -0.1) is 0 Å². The second-order valence-electron chi connectivity index (χ2n) is 3.32. The third-order valence-corrected chi connectivity index (χ3v) is 2.79. The number of nitrogens with one attached hydrogen (secondary N) is 1. The van der Waals surface area contributed by atoms with Crippen LogP contribution in [0.1, 0.15) is 5.56 Å². The van der Waals surface area contributed by atoms with Crippen LogP contribution in [0.2, 0.25) is 5.02 Å². The van der Waals surface area contributed by atoms with E-state index in [9.17, 15) is 0 Å². The summed E-state index contributed by atoms with van der Waals surface area (Å²) < 4.78 is 10.4. The minimum Gasteiger partial charge on any atom is -0.493 e. The van der Waals surface area contributed by atoms with Gasteiger partial charge in [-0.25, -0.2) is 0 Å².